The molecule has 0 radical (unpaired) electrons. The largest absolute Gasteiger partial charge is 0.374 e. The van der Waals surface area contributed by atoms with E-state index in [2.05, 4.69) is 39.9 Å². The Hall–Kier alpha value is -0.0800. The molecule has 0 aromatic heterocycles. The first-order valence-electron chi connectivity index (χ1n) is 7.25. The van der Waals surface area contributed by atoms with Gasteiger partial charge in [-0.15, -0.1) is 0 Å². The van der Waals surface area contributed by atoms with Crippen LogP contribution in [0, 0.1) is 5.41 Å². The number of rotatable bonds is 6. The van der Waals surface area contributed by atoms with Gasteiger partial charge in [0, 0.05) is 12.6 Å². The van der Waals surface area contributed by atoms with Crippen molar-refractivity contribution in [1.29, 1.82) is 0 Å². The van der Waals surface area contributed by atoms with E-state index in [9.17, 15) is 0 Å². The summed E-state index contributed by atoms with van der Waals surface area (Å²) in [5.74, 6) is 0. The van der Waals surface area contributed by atoms with Crippen molar-refractivity contribution >= 4 is 0 Å². The Morgan fingerprint density at radius 3 is 2.53 bits per heavy atom. The van der Waals surface area contributed by atoms with Crippen molar-refractivity contribution in [2.24, 2.45) is 5.41 Å². The highest BCUT2D eigenvalue weighted by atomic mass is 16.5. The average Bonchev–Trinajstić information content (AvgIpc) is 2.63. The monoisotopic (exact) mass is 241 g/mol. The van der Waals surface area contributed by atoms with Gasteiger partial charge in [0.05, 0.1) is 5.60 Å². The molecule has 0 spiro atoms. The maximum Gasteiger partial charge on any atom is 0.0807 e. The number of nitrogens with one attached hydrogen (secondary N) is 1. The molecule has 2 atom stereocenters. The average molecular weight is 241 g/mol. The zero-order valence-corrected chi connectivity index (χ0v) is 12.4. The summed E-state index contributed by atoms with van der Waals surface area (Å²) in [5.41, 5.74) is 0.530. The Morgan fingerprint density at radius 1 is 1.35 bits per heavy atom. The van der Waals surface area contributed by atoms with E-state index in [1.807, 2.05) is 0 Å². The standard InChI is InChI=1S/C15H31NO/c1-6-16-13(9-7-10-14(2,3)4)15(5)11-8-12-17-15/h13,16H,6-12H2,1-5H3. The Bertz CT molecular complexity index is 213. The normalized spacial score (nSPS) is 27.4. The van der Waals surface area contributed by atoms with Crippen LogP contribution in [0.1, 0.15) is 66.7 Å². The molecule has 0 saturated carbocycles. The van der Waals surface area contributed by atoms with Gasteiger partial charge in [-0.1, -0.05) is 34.1 Å². The molecule has 2 nitrogen and oxygen atoms in total. The van der Waals surface area contributed by atoms with Crippen LogP contribution in [0.5, 0.6) is 0 Å². The van der Waals surface area contributed by atoms with Crippen LogP contribution in [-0.4, -0.2) is 24.8 Å². The first-order chi connectivity index (χ1) is 7.87. The molecule has 0 bridgehead atoms. The van der Waals surface area contributed by atoms with Crippen LogP contribution in [0.15, 0.2) is 0 Å². The van der Waals surface area contributed by atoms with Gasteiger partial charge in [0.2, 0.25) is 0 Å². The van der Waals surface area contributed by atoms with Crippen LogP contribution in [-0.2, 0) is 4.74 Å². The fraction of sp³-hybridized carbons (Fsp3) is 1.00. The lowest BCUT2D eigenvalue weighted by atomic mass is 9.85. The van der Waals surface area contributed by atoms with Gasteiger partial charge in [-0.3, -0.25) is 0 Å². The van der Waals surface area contributed by atoms with Gasteiger partial charge in [0.25, 0.3) is 0 Å². The van der Waals surface area contributed by atoms with E-state index >= 15 is 0 Å². The summed E-state index contributed by atoms with van der Waals surface area (Å²) in [7, 11) is 0. The highest BCUT2D eigenvalue weighted by Gasteiger charge is 2.37. The SMILES string of the molecule is CCNC(CCCC(C)(C)C)C1(C)CCCO1. The molecule has 1 aliphatic rings. The molecule has 1 heterocycles. The molecule has 1 saturated heterocycles. The summed E-state index contributed by atoms with van der Waals surface area (Å²) in [4.78, 5) is 0. The van der Waals surface area contributed by atoms with Crippen LogP contribution in [0.25, 0.3) is 0 Å². The van der Waals surface area contributed by atoms with Crippen LogP contribution >= 0.6 is 0 Å². The van der Waals surface area contributed by atoms with Crippen molar-refractivity contribution in [2.45, 2.75) is 78.4 Å². The summed E-state index contributed by atoms with van der Waals surface area (Å²) in [6, 6.07) is 0.525. The van der Waals surface area contributed by atoms with E-state index in [-0.39, 0.29) is 5.60 Å². The van der Waals surface area contributed by atoms with E-state index in [0.717, 1.165) is 13.2 Å². The highest BCUT2D eigenvalue weighted by Crippen LogP contribution is 2.32. The van der Waals surface area contributed by atoms with Crippen molar-refractivity contribution in [1.82, 2.24) is 5.32 Å². The topological polar surface area (TPSA) is 21.3 Å². The van der Waals surface area contributed by atoms with Gasteiger partial charge in [-0.25, -0.2) is 0 Å². The van der Waals surface area contributed by atoms with E-state index in [4.69, 9.17) is 4.74 Å². The Balaban J connectivity index is 2.43. The fourth-order valence-corrected chi connectivity index (χ4v) is 2.78. The third-order valence-corrected chi connectivity index (χ3v) is 3.86. The van der Waals surface area contributed by atoms with Gasteiger partial charge in [-0.2, -0.15) is 0 Å². The van der Waals surface area contributed by atoms with Crippen molar-refractivity contribution in [3.8, 4) is 0 Å². The summed E-state index contributed by atoms with van der Waals surface area (Å²) < 4.78 is 5.98. The molecule has 102 valence electrons. The molecular formula is C15H31NO. The predicted octanol–water partition coefficient (Wildman–Crippen LogP) is 3.75. The van der Waals surface area contributed by atoms with Gasteiger partial charge in [0.15, 0.2) is 0 Å². The minimum Gasteiger partial charge on any atom is -0.374 e. The zero-order valence-electron chi connectivity index (χ0n) is 12.4. The first kappa shape index (κ1) is 15.0. The van der Waals surface area contributed by atoms with Crippen molar-refractivity contribution < 1.29 is 4.74 Å². The summed E-state index contributed by atoms with van der Waals surface area (Å²) >= 11 is 0. The summed E-state index contributed by atoms with van der Waals surface area (Å²) in [5, 5.41) is 3.63. The van der Waals surface area contributed by atoms with Crippen LogP contribution in [0.2, 0.25) is 0 Å². The minimum absolute atomic E-state index is 0.0773. The van der Waals surface area contributed by atoms with Crippen LogP contribution in [0.3, 0.4) is 0 Å². The molecule has 0 aromatic carbocycles. The molecular weight excluding hydrogens is 210 g/mol. The third-order valence-electron chi connectivity index (χ3n) is 3.86. The summed E-state index contributed by atoms with van der Waals surface area (Å²) in [6.07, 6.45) is 6.25. The molecule has 1 fully saturated rings. The molecule has 2 heteroatoms. The molecule has 2 unspecified atom stereocenters. The Kier molecular flexibility index (Phi) is 5.46. The van der Waals surface area contributed by atoms with Crippen molar-refractivity contribution in [3.63, 3.8) is 0 Å². The van der Waals surface area contributed by atoms with Crippen LogP contribution in [0.4, 0.5) is 0 Å². The van der Waals surface area contributed by atoms with Gasteiger partial charge in [0.1, 0.15) is 0 Å². The second-order valence-electron chi connectivity index (χ2n) is 6.83. The van der Waals surface area contributed by atoms with E-state index in [1.165, 1.54) is 32.1 Å². The summed E-state index contributed by atoms with van der Waals surface area (Å²) in [6.45, 7) is 13.4. The molecule has 17 heavy (non-hydrogen) atoms. The maximum atomic E-state index is 5.98. The van der Waals surface area contributed by atoms with E-state index in [0.29, 0.717) is 11.5 Å². The van der Waals surface area contributed by atoms with E-state index < -0.39 is 0 Å². The first-order valence-corrected chi connectivity index (χ1v) is 7.25. The molecule has 0 aromatic rings. The predicted molar refractivity (Wildman–Crippen MR) is 74.4 cm³/mol. The minimum atomic E-state index is 0.0773. The number of ether oxygens (including phenoxy) is 1. The molecule has 1 N–H and O–H groups in total. The number of hydrogen-bond acceptors (Lipinski definition) is 2. The van der Waals surface area contributed by atoms with Gasteiger partial charge >= 0.3 is 0 Å². The lowest BCUT2D eigenvalue weighted by molar-refractivity contribution is -0.0145. The number of hydrogen-bond donors (Lipinski definition) is 1. The molecule has 1 aliphatic heterocycles. The highest BCUT2D eigenvalue weighted by molar-refractivity contribution is 4.92. The quantitative estimate of drug-likeness (QED) is 0.764. The van der Waals surface area contributed by atoms with Crippen LogP contribution < -0.4 is 5.32 Å². The molecule has 0 aliphatic carbocycles. The van der Waals surface area contributed by atoms with Gasteiger partial charge < -0.3 is 10.1 Å². The molecule has 0 amide bonds. The third kappa shape index (κ3) is 4.97. The smallest absolute Gasteiger partial charge is 0.0807 e. The van der Waals surface area contributed by atoms with Crippen molar-refractivity contribution in [3.05, 3.63) is 0 Å². The van der Waals surface area contributed by atoms with Gasteiger partial charge in [-0.05, 0) is 44.6 Å². The number of likely N-dealkylation sites (N-methyl/N-ethyl adjacent to an activating group) is 1. The maximum absolute atomic E-state index is 5.98. The lowest BCUT2D eigenvalue weighted by Crippen LogP contribution is -2.48. The molecule has 1 rings (SSSR count). The zero-order chi connectivity index (χ0) is 12.9. The lowest BCUT2D eigenvalue weighted by Gasteiger charge is -2.34. The van der Waals surface area contributed by atoms with E-state index in [1.54, 1.807) is 0 Å². The Morgan fingerprint density at radius 2 is 2.06 bits per heavy atom. The second-order valence-corrected chi connectivity index (χ2v) is 6.83. The fourth-order valence-electron chi connectivity index (χ4n) is 2.78. The second kappa shape index (κ2) is 6.19. The van der Waals surface area contributed by atoms with Crippen molar-refractivity contribution in [2.75, 3.05) is 13.2 Å². The Labute approximate surface area is 108 Å².